The zero-order valence-corrected chi connectivity index (χ0v) is 14.8. The smallest absolute Gasteiger partial charge is 0.335 e. The van der Waals surface area contributed by atoms with Gasteiger partial charge in [0.05, 0.1) is 5.56 Å². The number of carboxylic acids is 1. The van der Waals surface area contributed by atoms with E-state index in [4.69, 9.17) is 0 Å². The molecule has 25 heavy (non-hydrogen) atoms. The van der Waals surface area contributed by atoms with Crippen LogP contribution in [0, 0.1) is 5.92 Å². The first-order valence-electron chi connectivity index (χ1n) is 8.78. The standard InChI is InChI=1S/C19H26N2O4/c1-13(2)18(23)20-15-9-11-21(12-10-15)17(22)8-7-14-5-3-4-6-16(14)19(24)25/h3-6,13,15H,7-12H2,1-2H3,(H,20,23)(H,24,25). The molecule has 0 spiro atoms. The zero-order chi connectivity index (χ0) is 18.4. The maximum atomic E-state index is 12.4. The number of nitrogens with one attached hydrogen (secondary N) is 1. The quantitative estimate of drug-likeness (QED) is 0.826. The first-order chi connectivity index (χ1) is 11.9. The molecule has 0 aromatic heterocycles. The van der Waals surface area contributed by atoms with E-state index in [0.29, 0.717) is 31.5 Å². The predicted molar refractivity (Wildman–Crippen MR) is 94.3 cm³/mol. The molecule has 1 heterocycles. The molecule has 1 aromatic rings. The van der Waals surface area contributed by atoms with E-state index in [0.717, 1.165) is 12.8 Å². The third kappa shape index (κ3) is 5.31. The summed E-state index contributed by atoms with van der Waals surface area (Å²) in [6, 6.07) is 6.92. The molecular weight excluding hydrogens is 320 g/mol. The molecule has 6 heteroatoms. The van der Waals surface area contributed by atoms with Crippen LogP contribution < -0.4 is 5.32 Å². The molecule has 0 atom stereocenters. The van der Waals surface area contributed by atoms with E-state index >= 15 is 0 Å². The maximum Gasteiger partial charge on any atom is 0.335 e. The molecule has 1 aliphatic heterocycles. The Kier molecular flexibility index (Phi) is 6.56. The highest BCUT2D eigenvalue weighted by Crippen LogP contribution is 2.15. The molecule has 136 valence electrons. The number of carboxylic acid groups (broad SMARTS) is 1. The Bertz CT molecular complexity index is 634. The third-order valence-electron chi connectivity index (χ3n) is 4.57. The van der Waals surface area contributed by atoms with Gasteiger partial charge in [0.15, 0.2) is 0 Å². The molecule has 1 aliphatic rings. The molecule has 0 unspecified atom stereocenters. The van der Waals surface area contributed by atoms with E-state index in [2.05, 4.69) is 5.32 Å². The highest BCUT2D eigenvalue weighted by Gasteiger charge is 2.24. The van der Waals surface area contributed by atoms with Gasteiger partial charge in [-0.2, -0.15) is 0 Å². The lowest BCUT2D eigenvalue weighted by Crippen LogP contribution is -2.47. The average molecular weight is 346 g/mol. The fourth-order valence-electron chi connectivity index (χ4n) is 2.99. The Balaban J connectivity index is 1.82. The van der Waals surface area contributed by atoms with Crippen LogP contribution in [-0.4, -0.2) is 46.9 Å². The van der Waals surface area contributed by atoms with E-state index < -0.39 is 5.97 Å². The van der Waals surface area contributed by atoms with Crippen molar-refractivity contribution < 1.29 is 19.5 Å². The number of nitrogens with zero attached hydrogens (tertiary/aromatic N) is 1. The Morgan fingerprint density at radius 1 is 1.20 bits per heavy atom. The van der Waals surface area contributed by atoms with Crippen molar-refractivity contribution in [2.24, 2.45) is 5.92 Å². The molecule has 0 bridgehead atoms. The fourth-order valence-corrected chi connectivity index (χ4v) is 2.99. The second-order valence-corrected chi connectivity index (χ2v) is 6.78. The summed E-state index contributed by atoms with van der Waals surface area (Å²) >= 11 is 0. The van der Waals surface area contributed by atoms with Crippen LogP contribution in [0.4, 0.5) is 0 Å². The number of carbonyl (C=O) groups is 3. The summed E-state index contributed by atoms with van der Waals surface area (Å²) in [7, 11) is 0. The highest BCUT2D eigenvalue weighted by molar-refractivity contribution is 5.89. The lowest BCUT2D eigenvalue weighted by molar-refractivity contribution is -0.132. The van der Waals surface area contributed by atoms with Crippen LogP contribution in [0.2, 0.25) is 0 Å². The largest absolute Gasteiger partial charge is 0.478 e. The van der Waals surface area contributed by atoms with Crippen molar-refractivity contribution in [1.82, 2.24) is 10.2 Å². The molecule has 6 nitrogen and oxygen atoms in total. The predicted octanol–water partition coefficient (Wildman–Crippen LogP) is 2.08. The molecule has 1 fully saturated rings. The van der Waals surface area contributed by atoms with Crippen LogP contribution in [0.15, 0.2) is 24.3 Å². The number of aromatic carboxylic acids is 1. The fraction of sp³-hybridized carbons (Fsp3) is 0.526. The van der Waals surface area contributed by atoms with Crippen LogP contribution >= 0.6 is 0 Å². The molecule has 2 amide bonds. The lowest BCUT2D eigenvalue weighted by atomic mass is 10.0. The number of aryl methyl sites for hydroxylation is 1. The molecule has 2 N–H and O–H groups in total. The molecule has 2 rings (SSSR count). The molecule has 0 radical (unpaired) electrons. The van der Waals surface area contributed by atoms with E-state index in [9.17, 15) is 19.5 Å². The third-order valence-corrected chi connectivity index (χ3v) is 4.57. The van der Waals surface area contributed by atoms with Gasteiger partial charge < -0.3 is 15.3 Å². The Hall–Kier alpha value is -2.37. The van der Waals surface area contributed by atoms with E-state index in [1.165, 1.54) is 0 Å². The minimum absolute atomic E-state index is 0.0334. The summed E-state index contributed by atoms with van der Waals surface area (Å²) in [5.41, 5.74) is 0.938. The van der Waals surface area contributed by atoms with Crippen molar-refractivity contribution in [1.29, 1.82) is 0 Å². The van der Waals surface area contributed by atoms with Crippen molar-refractivity contribution in [2.45, 2.75) is 45.6 Å². The number of piperidine rings is 1. The maximum absolute atomic E-state index is 12.4. The zero-order valence-electron chi connectivity index (χ0n) is 14.8. The highest BCUT2D eigenvalue weighted by atomic mass is 16.4. The molecule has 0 saturated carbocycles. The lowest BCUT2D eigenvalue weighted by Gasteiger charge is -2.33. The van der Waals surface area contributed by atoms with Crippen molar-refractivity contribution >= 4 is 17.8 Å². The molecular formula is C19H26N2O4. The van der Waals surface area contributed by atoms with Crippen LogP contribution in [-0.2, 0) is 16.0 Å². The SMILES string of the molecule is CC(C)C(=O)NC1CCN(C(=O)CCc2ccccc2C(=O)O)CC1. The number of benzene rings is 1. The first-order valence-corrected chi connectivity index (χ1v) is 8.78. The van der Waals surface area contributed by atoms with Crippen LogP contribution in [0.3, 0.4) is 0 Å². The van der Waals surface area contributed by atoms with E-state index in [1.54, 1.807) is 29.2 Å². The van der Waals surface area contributed by atoms with Crippen LogP contribution in [0.25, 0.3) is 0 Å². The number of likely N-dealkylation sites (tertiary alicyclic amines) is 1. The summed E-state index contributed by atoms with van der Waals surface area (Å²) in [6.45, 7) is 4.98. The van der Waals surface area contributed by atoms with Gasteiger partial charge in [-0.25, -0.2) is 4.79 Å². The van der Waals surface area contributed by atoms with Crippen molar-refractivity contribution in [2.75, 3.05) is 13.1 Å². The van der Waals surface area contributed by atoms with Gasteiger partial charge in [0.1, 0.15) is 0 Å². The molecule has 1 aromatic carbocycles. The number of hydrogen-bond donors (Lipinski definition) is 2. The van der Waals surface area contributed by atoms with Crippen molar-refractivity contribution in [3.63, 3.8) is 0 Å². The minimum Gasteiger partial charge on any atom is -0.478 e. The normalized spacial score (nSPS) is 15.2. The Labute approximate surface area is 148 Å². The summed E-state index contributed by atoms with van der Waals surface area (Å²) < 4.78 is 0. The summed E-state index contributed by atoms with van der Waals surface area (Å²) in [5, 5.41) is 12.2. The van der Waals surface area contributed by atoms with Gasteiger partial charge in [-0.1, -0.05) is 32.0 Å². The van der Waals surface area contributed by atoms with Gasteiger partial charge in [-0.3, -0.25) is 9.59 Å². The number of amides is 2. The van der Waals surface area contributed by atoms with Gasteiger partial charge in [0, 0.05) is 31.5 Å². The topological polar surface area (TPSA) is 86.7 Å². The second kappa shape index (κ2) is 8.65. The number of carbonyl (C=O) groups excluding carboxylic acids is 2. The Morgan fingerprint density at radius 2 is 1.84 bits per heavy atom. The van der Waals surface area contributed by atoms with E-state index in [1.807, 2.05) is 13.8 Å². The van der Waals surface area contributed by atoms with Crippen molar-refractivity contribution in [3.05, 3.63) is 35.4 Å². The van der Waals surface area contributed by atoms with Gasteiger partial charge in [0.2, 0.25) is 11.8 Å². The van der Waals surface area contributed by atoms with Gasteiger partial charge >= 0.3 is 5.97 Å². The average Bonchev–Trinajstić information content (AvgIpc) is 2.60. The number of rotatable bonds is 6. The summed E-state index contributed by atoms with van der Waals surface area (Å²) in [5.74, 6) is -0.914. The summed E-state index contributed by atoms with van der Waals surface area (Å²) in [6.07, 6.45) is 2.24. The van der Waals surface area contributed by atoms with E-state index in [-0.39, 0.29) is 29.3 Å². The van der Waals surface area contributed by atoms with Crippen molar-refractivity contribution in [3.8, 4) is 0 Å². The first kappa shape index (κ1) is 19.0. The monoisotopic (exact) mass is 346 g/mol. The Morgan fingerprint density at radius 3 is 2.44 bits per heavy atom. The van der Waals surface area contributed by atoms with Gasteiger partial charge in [-0.05, 0) is 30.9 Å². The van der Waals surface area contributed by atoms with Gasteiger partial charge in [0.25, 0.3) is 0 Å². The van der Waals surface area contributed by atoms with Crippen LogP contribution in [0.1, 0.15) is 49.0 Å². The summed E-state index contributed by atoms with van der Waals surface area (Å²) in [4.78, 5) is 37.1. The molecule has 0 aliphatic carbocycles. The van der Waals surface area contributed by atoms with Crippen LogP contribution in [0.5, 0.6) is 0 Å². The minimum atomic E-state index is -0.968. The number of hydrogen-bond acceptors (Lipinski definition) is 3. The second-order valence-electron chi connectivity index (χ2n) is 6.78. The molecule has 1 saturated heterocycles. The van der Waals surface area contributed by atoms with Gasteiger partial charge in [-0.15, -0.1) is 0 Å².